The fourth-order valence-corrected chi connectivity index (χ4v) is 3.52. The quantitative estimate of drug-likeness (QED) is 0.819. The van der Waals surface area contributed by atoms with Crippen molar-refractivity contribution in [1.29, 1.82) is 0 Å². The molecule has 0 radical (unpaired) electrons. The molecule has 26 heavy (non-hydrogen) atoms. The lowest BCUT2D eigenvalue weighted by Crippen LogP contribution is -2.42. The van der Waals surface area contributed by atoms with Crippen molar-refractivity contribution in [3.05, 3.63) is 71.6 Å². The lowest BCUT2D eigenvalue weighted by atomic mass is 9.97. The van der Waals surface area contributed by atoms with Crippen LogP contribution in [0.3, 0.4) is 0 Å². The fourth-order valence-electron chi connectivity index (χ4n) is 3.52. The highest BCUT2D eigenvalue weighted by Crippen LogP contribution is 2.31. The third-order valence-electron chi connectivity index (χ3n) is 5.01. The minimum absolute atomic E-state index is 0.220. The van der Waals surface area contributed by atoms with Gasteiger partial charge in [0.1, 0.15) is 11.6 Å². The average molecular weight is 354 g/mol. The largest absolute Gasteiger partial charge is 0.496 e. The van der Waals surface area contributed by atoms with Crippen LogP contribution in [0.4, 0.5) is 4.39 Å². The van der Waals surface area contributed by atoms with E-state index in [1.54, 1.807) is 19.2 Å². The summed E-state index contributed by atoms with van der Waals surface area (Å²) in [5.74, 6) is 0.519. The predicted octanol–water partition coefficient (Wildman–Crippen LogP) is 3.75. The average Bonchev–Trinajstić information content (AvgIpc) is 2.69. The number of nitrogens with zero attached hydrogens (tertiary/aromatic N) is 1. The molecule has 138 valence electrons. The summed E-state index contributed by atoms with van der Waals surface area (Å²) in [4.78, 5) is 2.44. The molecule has 1 aliphatic rings. The molecule has 0 saturated heterocycles. The van der Waals surface area contributed by atoms with E-state index in [-0.39, 0.29) is 5.82 Å². The third kappa shape index (κ3) is 4.71. The number of halogens is 1. The minimum Gasteiger partial charge on any atom is -0.496 e. The molecule has 3 nitrogen and oxygen atoms in total. The number of benzene rings is 2. The normalized spacial score (nSPS) is 16.2. The molecule has 3 rings (SSSR count). The number of rotatable bonds is 7. The van der Waals surface area contributed by atoms with E-state index in [1.165, 1.54) is 17.2 Å². The molecule has 0 saturated carbocycles. The predicted molar refractivity (Wildman–Crippen MR) is 105 cm³/mol. The number of methoxy groups -OCH3 is 1. The van der Waals surface area contributed by atoms with Gasteiger partial charge in [-0.3, -0.25) is 4.90 Å². The van der Waals surface area contributed by atoms with Crippen LogP contribution in [0.5, 0.6) is 5.75 Å². The zero-order chi connectivity index (χ0) is 18.4. The maximum Gasteiger partial charge on any atom is 0.126 e. The molecule has 1 atom stereocenters. The minimum atomic E-state index is -0.220. The van der Waals surface area contributed by atoms with Crippen LogP contribution >= 0.6 is 0 Å². The van der Waals surface area contributed by atoms with Gasteiger partial charge in [0, 0.05) is 31.2 Å². The monoisotopic (exact) mass is 354 g/mol. The van der Waals surface area contributed by atoms with E-state index in [1.807, 2.05) is 7.05 Å². The van der Waals surface area contributed by atoms with Crippen molar-refractivity contribution < 1.29 is 9.13 Å². The Kier molecular flexibility index (Phi) is 6.42. The standard InChI is InChI=1S/C22H27FN2O/c1-24-20(14-17-6-4-3-5-7-17)16-25-12-10-18(11-13-25)21-15-19(23)8-9-22(21)26-2/h3-10,15,20,24H,11-14,16H2,1-2H3/t20-/m1/s1. The van der Waals surface area contributed by atoms with Crippen LogP contribution in [0.1, 0.15) is 17.5 Å². The summed E-state index contributed by atoms with van der Waals surface area (Å²) in [5, 5.41) is 3.43. The van der Waals surface area contributed by atoms with E-state index in [9.17, 15) is 4.39 Å². The molecule has 0 aromatic heterocycles. The molecule has 0 amide bonds. The number of nitrogens with one attached hydrogen (secondary N) is 1. The summed E-state index contributed by atoms with van der Waals surface area (Å²) in [6.07, 6.45) is 4.12. The van der Waals surface area contributed by atoms with E-state index in [0.717, 1.165) is 43.8 Å². The summed E-state index contributed by atoms with van der Waals surface area (Å²) in [7, 11) is 3.66. The van der Waals surface area contributed by atoms with Gasteiger partial charge < -0.3 is 10.1 Å². The van der Waals surface area contributed by atoms with Crippen molar-refractivity contribution >= 4 is 5.57 Å². The van der Waals surface area contributed by atoms with Crippen LogP contribution in [0.25, 0.3) is 5.57 Å². The Balaban J connectivity index is 1.63. The van der Waals surface area contributed by atoms with E-state index in [0.29, 0.717) is 6.04 Å². The molecular weight excluding hydrogens is 327 g/mol. The number of likely N-dealkylation sites (N-methyl/N-ethyl adjacent to an activating group) is 1. The highest BCUT2D eigenvalue weighted by Gasteiger charge is 2.19. The topological polar surface area (TPSA) is 24.5 Å². The van der Waals surface area contributed by atoms with E-state index >= 15 is 0 Å². The fraction of sp³-hybridized carbons (Fsp3) is 0.364. The molecule has 1 aliphatic heterocycles. The second kappa shape index (κ2) is 8.97. The highest BCUT2D eigenvalue weighted by molar-refractivity contribution is 5.71. The maximum absolute atomic E-state index is 13.6. The molecule has 4 heteroatoms. The van der Waals surface area contributed by atoms with E-state index < -0.39 is 0 Å². The summed E-state index contributed by atoms with van der Waals surface area (Å²) in [5.41, 5.74) is 3.40. The Morgan fingerprint density at radius 2 is 2.00 bits per heavy atom. The zero-order valence-electron chi connectivity index (χ0n) is 15.5. The van der Waals surface area contributed by atoms with Crippen molar-refractivity contribution in [2.45, 2.75) is 18.9 Å². The van der Waals surface area contributed by atoms with Crippen molar-refractivity contribution in [1.82, 2.24) is 10.2 Å². The molecule has 1 heterocycles. The first kappa shape index (κ1) is 18.6. The van der Waals surface area contributed by atoms with Crippen LogP contribution in [-0.4, -0.2) is 44.7 Å². The van der Waals surface area contributed by atoms with Gasteiger partial charge in [0.2, 0.25) is 0 Å². The summed E-state index contributed by atoms with van der Waals surface area (Å²) in [6.45, 7) is 2.84. The van der Waals surface area contributed by atoms with Crippen molar-refractivity contribution in [2.75, 3.05) is 33.8 Å². The smallest absolute Gasteiger partial charge is 0.126 e. The van der Waals surface area contributed by atoms with Crippen molar-refractivity contribution in [2.24, 2.45) is 0 Å². The first-order valence-electron chi connectivity index (χ1n) is 9.16. The number of hydrogen-bond acceptors (Lipinski definition) is 3. The highest BCUT2D eigenvalue weighted by atomic mass is 19.1. The van der Waals surface area contributed by atoms with Crippen LogP contribution in [0.15, 0.2) is 54.6 Å². The van der Waals surface area contributed by atoms with Crippen molar-refractivity contribution in [3.8, 4) is 5.75 Å². The van der Waals surface area contributed by atoms with Gasteiger partial charge in [-0.25, -0.2) is 4.39 Å². The van der Waals surface area contributed by atoms with Crippen LogP contribution in [0, 0.1) is 5.82 Å². The molecule has 0 unspecified atom stereocenters. The first-order valence-corrected chi connectivity index (χ1v) is 9.16. The van der Waals surface area contributed by atoms with Gasteiger partial charge in [-0.15, -0.1) is 0 Å². The van der Waals surface area contributed by atoms with Gasteiger partial charge in [0.15, 0.2) is 0 Å². The summed E-state index contributed by atoms with van der Waals surface area (Å²) >= 11 is 0. The molecular formula is C22H27FN2O. The SMILES string of the molecule is CN[C@H](Cc1ccccc1)CN1CC=C(c2cc(F)ccc2OC)CC1. The Morgan fingerprint density at radius 3 is 2.65 bits per heavy atom. The Hall–Kier alpha value is -2.17. The summed E-state index contributed by atoms with van der Waals surface area (Å²) < 4.78 is 19.0. The number of hydrogen-bond donors (Lipinski definition) is 1. The summed E-state index contributed by atoms with van der Waals surface area (Å²) in [6, 6.07) is 15.7. The Labute approximate surface area is 155 Å². The van der Waals surface area contributed by atoms with Crippen LogP contribution < -0.4 is 10.1 Å². The van der Waals surface area contributed by atoms with Gasteiger partial charge in [0.25, 0.3) is 0 Å². The lowest BCUT2D eigenvalue weighted by Gasteiger charge is -2.30. The molecule has 0 spiro atoms. The Morgan fingerprint density at radius 1 is 1.19 bits per heavy atom. The van der Waals surface area contributed by atoms with E-state index in [2.05, 4.69) is 46.6 Å². The number of ether oxygens (including phenoxy) is 1. The molecule has 0 bridgehead atoms. The van der Waals surface area contributed by atoms with Crippen LogP contribution in [0.2, 0.25) is 0 Å². The lowest BCUT2D eigenvalue weighted by molar-refractivity contribution is 0.267. The van der Waals surface area contributed by atoms with Crippen molar-refractivity contribution in [3.63, 3.8) is 0 Å². The molecule has 2 aromatic carbocycles. The maximum atomic E-state index is 13.6. The molecule has 1 N–H and O–H groups in total. The molecule has 0 aliphatic carbocycles. The van der Waals surface area contributed by atoms with Gasteiger partial charge in [-0.1, -0.05) is 36.4 Å². The first-order chi connectivity index (χ1) is 12.7. The second-order valence-corrected chi connectivity index (χ2v) is 6.76. The van der Waals surface area contributed by atoms with Crippen LogP contribution in [-0.2, 0) is 6.42 Å². The van der Waals surface area contributed by atoms with Gasteiger partial charge in [-0.05, 0) is 49.2 Å². The van der Waals surface area contributed by atoms with E-state index in [4.69, 9.17) is 4.74 Å². The second-order valence-electron chi connectivity index (χ2n) is 6.76. The van der Waals surface area contributed by atoms with Gasteiger partial charge >= 0.3 is 0 Å². The van der Waals surface area contributed by atoms with Gasteiger partial charge in [0.05, 0.1) is 7.11 Å². The molecule has 0 fully saturated rings. The molecule has 2 aromatic rings. The van der Waals surface area contributed by atoms with Gasteiger partial charge in [-0.2, -0.15) is 0 Å². The third-order valence-corrected chi connectivity index (χ3v) is 5.01. The zero-order valence-corrected chi connectivity index (χ0v) is 15.5. The Bertz CT molecular complexity index is 745.